The molecule has 0 saturated carbocycles. The van der Waals surface area contributed by atoms with Crippen LogP contribution in [0.5, 0.6) is 0 Å². The Morgan fingerprint density at radius 2 is 1.82 bits per heavy atom. The number of carbonyl (C=O) groups excluding carboxylic acids is 1. The van der Waals surface area contributed by atoms with Gasteiger partial charge in [-0.3, -0.25) is 4.79 Å². The lowest BCUT2D eigenvalue weighted by Crippen LogP contribution is -2.37. The minimum Gasteiger partial charge on any atom is -0.378 e. The molecule has 2 aromatic carbocycles. The van der Waals surface area contributed by atoms with Gasteiger partial charge in [-0.25, -0.2) is 9.37 Å². The quantitative estimate of drug-likeness (QED) is 0.631. The molecule has 0 radical (unpaired) electrons. The summed E-state index contributed by atoms with van der Waals surface area (Å²) in [6, 6.07) is 14.5. The smallest absolute Gasteiger partial charge is 0.273 e. The van der Waals surface area contributed by atoms with Crippen molar-refractivity contribution >= 4 is 23.4 Å². The number of ether oxygens (including phenoxy) is 1. The number of anilines is 3. The van der Waals surface area contributed by atoms with E-state index in [0.29, 0.717) is 61.6 Å². The van der Waals surface area contributed by atoms with Gasteiger partial charge in [0.05, 0.1) is 19.8 Å². The van der Waals surface area contributed by atoms with Crippen LogP contribution in [-0.2, 0) is 11.3 Å². The number of benzene rings is 2. The molecule has 3 aromatic rings. The number of nitrogens with zero attached hydrogens (tertiary/aromatic N) is 4. The van der Waals surface area contributed by atoms with E-state index in [0.717, 1.165) is 11.1 Å². The van der Waals surface area contributed by atoms with Gasteiger partial charge in [0, 0.05) is 35.9 Å². The van der Waals surface area contributed by atoms with E-state index in [2.05, 4.69) is 10.3 Å². The van der Waals surface area contributed by atoms with Crippen LogP contribution in [0, 0.1) is 5.82 Å². The standard InChI is InChI=1S/C25H26FN5O2/c1-16(2)31-15-20-22(24(31)32)28-25(30-10-12-33-13-11-30)29-23(20)27-18-8-9-19(21(26)14-18)17-6-4-3-5-7-17/h3-9,14,16H,10-13,15H2,1-2H3,(H,27,28,29). The fourth-order valence-corrected chi connectivity index (χ4v) is 4.18. The zero-order valence-electron chi connectivity index (χ0n) is 18.7. The van der Waals surface area contributed by atoms with E-state index in [4.69, 9.17) is 9.72 Å². The lowest BCUT2D eigenvalue weighted by molar-refractivity contribution is 0.0726. The van der Waals surface area contributed by atoms with Gasteiger partial charge in [-0.15, -0.1) is 0 Å². The van der Waals surface area contributed by atoms with Crippen molar-refractivity contribution in [2.75, 3.05) is 36.5 Å². The van der Waals surface area contributed by atoms with Crippen LogP contribution in [0.4, 0.5) is 21.8 Å². The number of rotatable bonds is 5. The second-order valence-corrected chi connectivity index (χ2v) is 8.51. The van der Waals surface area contributed by atoms with Gasteiger partial charge in [0.1, 0.15) is 17.3 Å². The van der Waals surface area contributed by atoms with Gasteiger partial charge >= 0.3 is 0 Å². The highest BCUT2D eigenvalue weighted by Crippen LogP contribution is 2.33. The van der Waals surface area contributed by atoms with Crippen LogP contribution in [0.3, 0.4) is 0 Å². The second kappa shape index (κ2) is 8.78. The maximum absolute atomic E-state index is 15.0. The van der Waals surface area contributed by atoms with Crippen LogP contribution in [0.2, 0.25) is 0 Å². The Balaban J connectivity index is 1.51. The predicted molar refractivity (Wildman–Crippen MR) is 125 cm³/mol. The van der Waals surface area contributed by atoms with Crippen LogP contribution in [0.15, 0.2) is 48.5 Å². The number of aromatic nitrogens is 2. The van der Waals surface area contributed by atoms with E-state index in [-0.39, 0.29) is 17.8 Å². The highest BCUT2D eigenvalue weighted by Gasteiger charge is 2.35. The summed E-state index contributed by atoms with van der Waals surface area (Å²) in [5.74, 6) is 0.584. The summed E-state index contributed by atoms with van der Waals surface area (Å²) >= 11 is 0. The van der Waals surface area contributed by atoms with Crippen molar-refractivity contribution in [1.29, 1.82) is 0 Å². The third-order valence-corrected chi connectivity index (χ3v) is 6.02. The van der Waals surface area contributed by atoms with Crippen molar-refractivity contribution in [2.24, 2.45) is 0 Å². The molecule has 5 rings (SSSR count). The molecule has 0 atom stereocenters. The molecule has 1 amide bonds. The molecular formula is C25H26FN5O2. The van der Waals surface area contributed by atoms with E-state index < -0.39 is 0 Å². The molecule has 1 N–H and O–H groups in total. The van der Waals surface area contributed by atoms with Crippen molar-refractivity contribution in [1.82, 2.24) is 14.9 Å². The molecule has 3 heterocycles. The lowest BCUT2D eigenvalue weighted by Gasteiger charge is -2.27. The summed E-state index contributed by atoms with van der Waals surface area (Å²) in [6.07, 6.45) is 0. The number of amides is 1. The maximum Gasteiger partial charge on any atom is 0.273 e. The zero-order chi connectivity index (χ0) is 22.9. The number of hydrogen-bond donors (Lipinski definition) is 1. The average Bonchev–Trinajstić information content (AvgIpc) is 3.17. The summed E-state index contributed by atoms with van der Waals surface area (Å²) in [4.78, 5) is 26.2. The summed E-state index contributed by atoms with van der Waals surface area (Å²) in [5, 5.41) is 3.26. The fourth-order valence-electron chi connectivity index (χ4n) is 4.18. The first-order chi connectivity index (χ1) is 16.0. The van der Waals surface area contributed by atoms with Gasteiger partial charge in [-0.2, -0.15) is 4.98 Å². The number of nitrogens with one attached hydrogen (secondary N) is 1. The number of halogens is 1. The molecule has 170 valence electrons. The topological polar surface area (TPSA) is 70.6 Å². The van der Waals surface area contributed by atoms with Gasteiger partial charge in [0.15, 0.2) is 0 Å². The molecule has 33 heavy (non-hydrogen) atoms. The Hall–Kier alpha value is -3.52. The van der Waals surface area contributed by atoms with E-state index >= 15 is 0 Å². The first-order valence-corrected chi connectivity index (χ1v) is 11.2. The summed E-state index contributed by atoms with van der Waals surface area (Å²) in [6.45, 7) is 6.85. The van der Waals surface area contributed by atoms with E-state index in [1.54, 1.807) is 11.0 Å². The number of carbonyl (C=O) groups is 1. The first kappa shape index (κ1) is 21.3. The maximum atomic E-state index is 15.0. The second-order valence-electron chi connectivity index (χ2n) is 8.51. The Bertz CT molecular complexity index is 1180. The third-order valence-electron chi connectivity index (χ3n) is 6.02. The minimum absolute atomic E-state index is 0.0361. The normalized spacial score (nSPS) is 15.8. The monoisotopic (exact) mass is 447 g/mol. The molecule has 1 saturated heterocycles. The third kappa shape index (κ3) is 4.14. The molecule has 0 aliphatic carbocycles. The van der Waals surface area contributed by atoms with Gasteiger partial charge in [-0.05, 0) is 37.6 Å². The van der Waals surface area contributed by atoms with Gasteiger partial charge in [0.2, 0.25) is 5.95 Å². The van der Waals surface area contributed by atoms with Gasteiger partial charge < -0.3 is 19.9 Å². The fraction of sp³-hybridized carbons (Fsp3) is 0.320. The Kier molecular flexibility index (Phi) is 5.68. The van der Waals surface area contributed by atoms with Crippen molar-refractivity contribution in [2.45, 2.75) is 26.4 Å². The summed E-state index contributed by atoms with van der Waals surface area (Å²) < 4.78 is 20.4. The van der Waals surface area contributed by atoms with Crippen molar-refractivity contribution in [3.8, 4) is 11.1 Å². The van der Waals surface area contributed by atoms with Gasteiger partial charge in [0.25, 0.3) is 5.91 Å². The number of fused-ring (bicyclic) bond motifs is 1. The average molecular weight is 448 g/mol. The molecule has 0 unspecified atom stereocenters. The molecule has 0 spiro atoms. The van der Waals surface area contributed by atoms with Crippen molar-refractivity contribution in [3.63, 3.8) is 0 Å². The minimum atomic E-state index is -0.329. The molecule has 1 fully saturated rings. The molecule has 2 aliphatic heterocycles. The highest BCUT2D eigenvalue weighted by atomic mass is 19.1. The van der Waals surface area contributed by atoms with Crippen molar-refractivity contribution < 1.29 is 13.9 Å². The summed E-state index contributed by atoms with van der Waals surface area (Å²) in [7, 11) is 0. The van der Waals surface area contributed by atoms with E-state index in [9.17, 15) is 9.18 Å². The van der Waals surface area contributed by atoms with Crippen molar-refractivity contribution in [3.05, 3.63) is 65.6 Å². The van der Waals surface area contributed by atoms with Gasteiger partial charge in [-0.1, -0.05) is 30.3 Å². The lowest BCUT2D eigenvalue weighted by atomic mass is 10.0. The van der Waals surface area contributed by atoms with E-state index in [1.165, 1.54) is 6.07 Å². The summed E-state index contributed by atoms with van der Waals surface area (Å²) in [5.41, 5.74) is 3.06. The molecule has 0 bridgehead atoms. The molecule has 7 nitrogen and oxygen atoms in total. The van der Waals surface area contributed by atoms with Crippen LogP contribution in [0.1, 0.15) is 29.9 Å². The van der Waals surface area contributed by atoms with E-state index in [1.807, 2.05) is 55.1 Å². The highest BCUT2D eigenvalue weighted by molar-refractivity contribution is 5.98. The Morgan fingerprint density at radius 3 is 2.52 bits per heavy atom. The predicted octanol–water partition coefficient (Wildman–Crippen LogP) is 4.23. The number of morpholine rings is 1. The SMILES string of the molecule is CC(C)N1Cc2c(Nc3ccc(-c4ccccc4)c(F)c3)nc(N3CCOCC3)nc2C1=O. The van der Waals surface area contributed by atoms with Crippen LogP contribution in [-0.4, -0.2) is 53.1 Å². The number of hydrogen-bond acceptors (Lipinski definition) is 6. The Labute approximate surface area is 192 Å². The molecule has 2 aliphatic rings. The van der Waals surface area contributed by atoms with Crippen LogP contribution in [0.25, 0.3) is 11.1 Å². The molecule has 1 aromatic heterocycles. The Morgan fingerprint density at radius 1 is 1.06 bits per heavy atom. The molecule has 8 heteroatoms. The van der Waals surface area contributed by atoms with Crippen LogP contribution < -0.4 is 10.2 Å². The largest absolute Gasteiger partial charge is 0.378 e. The molecular weight excluding hydrogens is 421 g/mol. The zero-order valence-corrected chi connectivity index (χ0v) is 18.7. The van der Waals surface area contributed by atoms with Crippen LogP contribution >= 0.6 is 0 Å². The first-order valence-electron chi connectivity index (χ1n) is 11.2.